The van der Waals surface area contributed by atoms with Crippen molar-refractivity contribution in [2.24, 2.45) is 0 Å². The highest BCUT2D eigenvalue weighted by Crippen LogP contribution is 2.44. The van der Waals surface area contributed by atoms with E-state index < -0.39 is 84.1 Å². The first-order valence-corrected chi connectivity index (χ1v) is 11.6. The topological polar surface area (TPSA) is 13.1 Å². The number of hydrogen-bond acceptors (Lipinski definition) is 1. The highest BCUT2D eigenvalue weighted by atomic mass is 16.3. The maximum atomic E-state index is 9.15. The Kier molecular flexibility index (Phi) is 2.42. The van der Waals surface area contributed by atoms with Gasteiger partial charge in [0.2, 0.25) is 0 Å². The number of hydrogen-bond donors (Lipinski definition) is 0. The van der Waals surface area contributed by atoms with E-state index in [1.807, 2.05) is 36.4 Å². The molecular formula is C36H22O. The molecule has 1 heterocycles. The summed E-state index contributed by atoms with van der Waals surface area (Å²) in [6.07, 6.45) is 0. The molecule has 37 heavy (non-hydrogen) atoms. The van der Waals surface area contributed by atoms with Gasteiger partial charge in [-0.1, -0.05) is 109 Å². The van der Waals surface area contributed by atoms with Crippen LogP contribution in [0.4, 0.5) is 0 Å². The predicted octanol–water partition coefficient (Wildman–Crippen LogP) is 10.4. The van der Waals surface area contributed by atoms with Crippen LogP contribution in [0.2, 0.25) is 0 Å². The molecule has 1 nitrogen and oxygen atoms in total. The van der Waals surface area contributed by atoms with Crippen LogP contribution in [-0.4, -0.2) is 0 Å². The molecular weight excluding hydrogens is 448 g/mol. The molecule has 0 spiro atoms. The Morgan fingerprint density at radius 2 is 0.973 bits per heavy atom. The molecule has 0 bridgehead atoms. The maximum absolute atomic E-state index is 9.15. The molecule has 0 N–H and O–H groups in total. The summed E-state index contributed by atoms with van der Waals surface area (Å²) in [6, 6.07) is 8.43. The van der Waals surface area contributed by atoms with E-state index in [-0.39, 0.29) is 32.7 Å². The van der Waals surface area contributed by atoms with E-state index >= 15 is 0 Å². The van der Waals surface area contributed by atoms with Crippen molar-refractivity contribution in [1.82, 2.24) is 0 Å². The van der Waals surface area contributed by atoms with Gasteiger partial charge in [-0.15, -0.1) is 0 Å². The van der Waals surface area contributed by atoms with Gasteiger partial charge in [0.1, 0.15) is 11.2 Å². The first kappa shape index (κ1) is 11.5. The van der Waals surface area contributed by atoms with Gasteiger partial charge in [0.25, 0.3) is 0 Å². The Hall–Kier alpha value is -4.88. The average molecular weight is 484 g/mol. The lowest BCUT2D eigenvalue weighted by molar-refractivity contribution is 0.669. The number of benzene rings is 7. The van der Waals surface area contributed by atoms with Crippen molar-refractivity contribution in [3.8, 4) is 22.3 Å². The van der Waals surface area contributed by atoms with Crippen molar-refractivity contribution in [2.45, 2.75) is 0 Å². The first-order chi connectivity index (χ1) is 23.7. The van der Waals surface area contributed by atoms with Crippen LogP contribution in [0, 0.1) is 0 Å². The molecule has 0 unspecified atom stereocenters. The van der Waals surface area contributed by atoms with Gasteiger partial charge in [-0.2, -0.15) is 0 Å². The lowest BCUT2D eigenvalue weighted by atomic mass is 9.86. The fourth-order valence-corrected chi connectivity index (χ4v) is 5.16. The molecule has 8 rings (SSSR count). The van der Waals surface area contributed by atoms with Gasteiger partial charge in [-0.3, -0.25) is 0 Å². The van der Waals surface area contributed by atoms with Crippen LogP contribution in [0.15, 0.2) is 138 Å². The highest BCUT2D eigenvalue weighted by Gasteiger charge is 2.17. The maximum Gasteiger partial charge on any atom is 0.136 e. The molecule has 0 radical (unpaired) electrons. The molecule has 0 saturated carbocycles. The standard InChI is InChI=1S/C36H22O/c1-2-10-23(11-3-1)35-27-14-6-8-16-29(27)36(30-17-9-7-15-28(30)35)26-18-19-33-31(21-26)32-20-24-12-4-5-13-25(24)22-34(32)37-33/h1-22H/i1D,2D,3D,6D,7D,8D,9D,10D,11D,14D,15D,16D,17D. The monoisotopic (exact) mass is 483 g/mol. The lowest BCUT2D eigenvalue weighted by Crippen LogP contribution is -1.90. The molecule has 1 aromatic heterocycles. The van der Waals surface area contributed by atoms with Crippen molar-refractivity contribution in [3.05, 3.63) is 133 Å². The van der Waals surface area contributed by atoms with Crippen LogP contribution in [0.3, 0.4) is 0 Å². The van der Waals surface area contributed by atoms with E-state index in [9.17, 15) is 0 Å². The molecule has 0 fully saturated rings. The molecule has 7 aromatic carbocycles. The average Bonchev–Trinajstić information content (AvgIpc) is 3.47. The Morgan fingerprint density at radius 3 is 1.62 bits per heavy atom. The van der Waals surface area contributed by atoms with Crippen LogP contribution >= 0.6 is 0 Å². The third-order valence-electron chi connectivity index (χ3n) is 6.75. The summed E-state index contributed by atoms with van der Waals surface area (Å²) >= 11 is 0. The fraction of sp³-hybridized carbons (Fsp3) is 0. The third kappa shape index (κ3) is 3.04. The smallest absolute Gasteiger partial charge is 0.136 e. The predicted molar refractivity (Wildman–Crippen MR) is 157 cm³/mol. The van der Waals surface area contributed by atoms with Crippen molar-refractivity contribution >= 4 is 54.3 Å². The summed E-state index contributed by atoms with van der Waals surface area (Å²) in [4.78, 5) is 0. The zero-order chi connectivity index (χ0) is 35.7. The fourth-order valence-electron chi connectivity index (χ4n) is 5.16. The van der Waals surface area contributed by atoms with E-state index in [0.29, 0.717) is 22.1 Å². The van der Waals surface area contributed by atoms with E-state index in [1.54, 1.807) is 18.2 Å². The molecule has 0 aliphatic carbocycles. The van der Waals surface area contributed by atoms with Gasteiger partial charge in [0.15, 0.2) is 0 Å². The molecule has 0 aliphatic rings. The van der Waals surface area contributed by atoms with Crippen LogP contribution in [0.5, 0.6) is 0 Å². The van der Waals surface area contributed by atoms with Crippen molar-refractivity contribution in [2.75, 3.05) is 0 Å². The van der Waals surface area contributed by atoms with Gasteiger partial charge in [-0.05, 0) is 78.8 Å². The van der Waals surface area contributed by atoms with Gasteiger partial charge in [0.05, 0.1) is 17.8 Å². The van der Waals surface area contributed by atoms with Crippen LogP contribution in [0.1, 0.15) is 17.8 Å². The van der Waals surface area contributed by atoms with Crippen molar-refractivity contribution in [1.29, 1.82) is 0 Å². The van der Waals surface area contributed by atoms with Crippen molar-refractivity contribution < 1.29 is 22.2 Å². The molecule has 0 atom stereocenters. The summed E-state index contributed by atoms with van der Waals surface area (Å²) in [7, 11) is 0. The van der Waals surface area contributed by atoms with E-state index in [1.165, 1.54) is 0 Å². The first-order valence-electron chi connectivity index (χ1n) is 18.1. The number of rotatable bonds is 2. The summed E-state index contributed by atoms with van der Waals surface area (Å²) in [6.45, 7) is 0. The quantitative estimate of drug-likeness (QED) is 0.223. The van der Waals surface area contributed by atoms with E-state index in [0.717, 1.165) is 16.2 Å². The Labute approximate surface area is 232 Å². The summed E-state index contributed by atoms with van der Waals surface area (Å²) < 4.78 is 120. The van der Waals surface area contributed by atoms with Crippen LogP contribution < -0.4 is 0 Å². The Morgan fingerprint density at radius 1 is 0.432 bits per heavy atom. The molecule has 1 heteroatoms. The summed E-state index contributed by atoms with van der Waals surface area (Å²) in [5, 5.41) is 2.58. The zero-order valence-electron chi connectivity index (χ0n) is 32.1. The summed E-state index contributed by atoms with van der Waals surface area (Å²) in [5.41, 5.74) is 0.790. The highest BCUT2D eigenvalue weighted by molar-refractivity contribution is 6.22. The van der Waals surface area contributed by atoms with Gasteiger partial charge in [0, 0.05) is 10.8 Å². The minimum atomic E-state index is -0.710. The normalized spacial score (nSPS) is 16.7. The second-order valence-electron chi connectivity index (χ2n) is 8.76. The molecule has 0 aliphatic heterocycles. The molecule has 8 aromatic rings. The van der Waals surface area contributed by atoms with Gasteiger partial charge in [-0.25, -0.2) is 0 Å². The summed E-state index contributed by atoms with van der Waals surface area (Å²) in [5.74, 6) is 0. The largest absolute Gasteiger partial charge is 0.456 e. The molecule has 172 valence electrons. The van der Waals surface area contributed by atoms with E-state index in [2.05, 4.69) is 0 Å². The van der Waals surface area contributed by atoms with Gasteiger partial charge >= 0.3 is 0 Å². The van der Waals surface area contributed by atoms with Crippen LogP contribution in [0.25, 0.3) is 76.5 Å². The number of furan rings is 1. The minimum Gasteiger partial charge on any atom is -0.456 e. The van der Waals surface area contributed by atoms with Crippen molar-refractivity contribution in [3.63, 3.8) is 0 Å². The lowest BCUT2D eigenvalue weighted by Gasteiger charge is -2.17. The third-order valence-corrected chi connectivity index (χ3v) is 6.75. The zero-order valence-corrected chi connectivity index (χ0v) is 19.1. The Bertz CT molecular complexity index is 2750. The Balaban J connectivity index is 1.66. The SMILES string of the molecule is [2H]c1c([2H])c([2H])c(-c2c3c([2H])c([2H])c([2H])c([2H])c3c(-c3ccc4oc5cc6ccccc6cc5c4c3)c3c([2H])c([2H])c([2H])c([2H])c23)c([2H])c1[2H]. The second kappa shape index (κ2) is 7.81. The van der Waals surface area contributed by atoms with Gasteiger partial charge < -0.3 is 4.42 Å². The van der Waals surface area contributed by atoms with Crippen LogP contribution in [-0.2, 0) is 0 Å². The molecule has 0 amide bonds. The molecule has 0 saturated heterocycles. The second-order valence-corrected chi connectivity index (χ2v) is 8.76. The minimum absolute atomic E-state index is 0.0714. The van der Waals surface area contributed by atoms with E-state index in [4.69, 9.17) is 22.2 Å². The number of fused-ring (bicyclic) bond motifs is 6.